The van der Waals surface area contributed by atoms with Crippen LogP contribution < -0.4 is 5.32 Å². The predicted octanol–water partition coefficient (Wildman–Crippen LogP) is 2.91. The molecule has 6 nitrogen and oxygen atoms in total. The molecule has 1 heterocycles. The minimum atomic E-state index is -0.921. The van der Waals surface area contributed by atoms with E-state index in [9.17, 15) is 14.4 Å². The van der Waals surface area contributed by atoms with Crippen molar-refractivity contribution in [2.45, 2.75) is 12.5 Å². The summed E-state index contributed by atoms with van der Waals surface area (Å²) in [6.45, 7) is 0. The first kappa shape index (κ1) is 18.7. The third kappa shape index (κ3) is 3.71. The number of nitrogens with one attached hydrogen (secondary N) is 1. The Balaban J connectivity index is 1.88. The number of rotatable bonds is 6. The molecule has 3 amide bonds. The van der Waals surface area contributed by atoms with E-state index in [1.54, 1.807) is 48.5 Å². The van der Waals surface area contributed by atoms with Crippen molar-refractivity contribution in [2.24, 2.45) is 0 Å². The van der Waals surface area contributed by atoms with Gasteiger partial charge in [0.2, 0.25) is 5.91 Å². The summed E-state index contributed by atoms with van der Waals surface area (Å²) in [6, 6.07) is 14.2. The summed E-state index contributed by atoms with van der Waals surface area (Å²) in [5.74, 6) is -0.747. The van der Waals surface area contributed by atoms with Gasteiger partial charge in [0.15, 0.2) is 0 Å². The van der Waals surface area contributed by atoms with Crippen LogP contribution in [0.3, 0.4) is 0 Å². The van der Waals surface area contributed by atoms with E-state index in [-0.39, 0.29) is 0 Å². The number of amides is 3. The molecule has 0 bridgehead atoms. The zero-order chi connectivity index (χ0) is 19.4. The van der Waals surface area contributed by atoms with E-state index in [4.69, 9.17) is 5.26 Å². The molecule has 136 valence electrons. The van der Waals surface area contributed by atoms with Gasteiger partial charge in [-0.3, -0.25) is 19.3 Å². The number of benzene rings is 2. The van der Waals surface area contributed by atoms with E-state index in [1.807, 2.05) is 12.3 Å². The Labute approximate surface area is 161 Å². The van der Waals surface area contributed by atoms with E-state index in [2.05, 4.69) is 5.32 Å². The average Bonchev–Trinajstić information content (AvgIpc) is 2.94. The highest BCUT2D eigenvalue weighted by molar-refractivity contribution is 7.98. The molecule has 1 atom stereocenters. The van der Waals surface area contributed by atoms with Gasteiger partial charge in [-0.05, 0) is 48.8 Å². The van der Waals surface area contributed by atoms with Crippen molar-refractivity contribution in [1.82, 2.24) is 4.90 Å². The molecule has 7 heteroatoms. The number of fused-ring (bicyclic) bond motifs is 1. The van der Waals surface area contributed by atoms with Crippen molar-refractivity contribution in [3.63, 3.8) is 0 Å². The van der Waals surface area contributed by atoms with Crippen molar-refractivity contribution in [3.8, 4) is 6.07 Å². The van der Waals surface area contributed by atoms with Gasteiger partial charge >= 0.3 is 0 Å². The summed E-state index contributed by atoms with van der Waals surface area (Å²) in [5, 5.41) is 11.7. The highest BCUT2D eigenvalue weighted by Gasteiger charge is 2.42. The van der Waals surface area contributed by atoms with E-state index in [1.165, 1.54) is 11.8 Å². The molecule has 3 rings (SSSR count). The maximum absolute atomic E-state index is 12.9. The lowest BCUT2D eigenvalue weighted by atomic mass is 10.1. The standard InChI is InChI=1S/C20H17N3O3S/c1-27-10-9-17(18(24)22-14-6-4-5-13(11-14)12-21)23-19(25)15-7-2-3-8-16(15)20(23)26/h2-8,11,17H,9-10H2,1H3,(H,22,24)/t17-/m1/s1. The van der Waals surface area contributed by atoms with Gasteiger partial charge in [0.25, 0.3) is 11.8 Å². The zero-order valence-electron chi connectivity index (χ0n) is 14.6. The number of nitriles is 1. The topological polar surface area (TPSA) is 90.3 Å². The third-order valence-electron chi connectivity index (χ3n) is 4.29. The van der Waals surface area contributed by atoms with Crippen molar-refractivity contribution in [1.29, 1.82) is 5.26 Å². The Hall–Kier alpha value is -3.11. The van der Waals surface area contributed by atoms with Crippen LogP contribution in [-0.4, -0.2) is 40.7 Å². The molecule has 1 N–H and O–H groups in total. The molecule has 0 saturated carbocycles. The first-order valence-electron chi connectivity index (χ1n) is 8.33. The fourth-order valence-electron chi connectivity index (χ4n) is 2.99. The first-order valence-corrected chi connectivity index (χ1v) is 9.73. The normalized spacial score (nSPS) is 13.9. The second kappa shape index (κ2) is 8.06. The average molecular weight is 379 g/mol. The molecule has 1 aliphatic heterocycles. The molecule has 0 saturated heterocycles. The van der Waals surface area contributed by atoms with Crippen molar-refractivity contribution >= 4 is 35.2 Å². The van der Waals surface area contributed by atoms with Gasteiger partial charge in [-0.2, -0.15) is 17.0 Å². The van der Waals surface area contributed by atoms with Crippen LogP contribution in [0.4, 0.5) is 5.69 Å². The number of carbonyl (C=O) groups excluding carboxylic acids is 3. The lowest BCUT2D eigenvalue weighted by Gasteiger charge is -2.25. The minimum Gasteiger partial charge on any atom is -0.324 e. The van der Waals surface area contributed by atoms with Crippen LogP contribution >= 0.6 is 11.8 Å². The molecule has 0 radical (unpaired) electrons. The summed E-state index contributed by atoms with van der Waals surface area (Å²) in [6.07, 6.45) is 2.24. The Morgan fingerprint density at radius 1 is 1.15 bits per heavy atom. The van der Waals surface area contributed by atoms with E-state index < -0.39 is 23.8 Å². The van der Waals surface area contributed by atoms with Gasteiger partial charge < -0.3 is 5.32 Å². The van der Waals surface area contributed by atoms with Crippen LogP contribution in [0.25, 0.3) is 0 Å². The lowest BCUT2D eigenvalue weighted by Crippen LogP contribution is -2.47. The maximum Gasteiger partial charge on any atom is 0.262 e. The minimum absolute atomic E-state index is 0.316. The van der Waals surface area contributed by atoms with Gasteiger partial charge in [0.1, 0.15) is 6.04 Å². The van der Waals surface area contributed by atoms with E-state index in [0.29, 0.717) is 34.6 Å². The third-order valence-corrected chi connectivity index (χ3v) is 4.94. The van der Waals surface area contributed by atoms with Gasteiger partial charge in [0.05, 0.1) is 22.8 Å². The summed E-state index contributed by atoms with van der Waals surface area (Å²) >= 11 is 1.53. The SMILES string of the molecule is CSCC[C@H](C(=O)Nc1cccc(C#N)c1)N1C(=O)c2ccccc2C1=O. The summed E-state index contributed by atoms with van der Waals surface area (Å²) in [5.41, 5.74) is 1.49. The fraction of sp³-hybridized carbons (Fsp3) is 0.200. The number of thioether (sulfide) groups is 1. The molecular weight excluding hydrogens is 362 g/mol. The van der Waals surface area contributed by atoms with Gasteiger partial charge in [-0.15, -0.1) is 0 Å². The molecule has 0 aliphatic carbocycles. The van der Waals surface area contributed by atoms with Crippen LogP contribution in [0, 0.1) is 11.3 Å². The molecule has 0 spiro atoms. The van der Waals surface area contributed by atoms with Crippen LogP contribution in [-0.2, 0) is 4.79 Å². The number of hydrogen-bond donors (Lipinski definition) is 1. The van der Waals surface area contributed by atoms with Crippen molar-refractivity contribution in [2.75, 3.05) is 17.3 Å². The Morgan fingerprint density at radius 3 is 2.41 bits per heavy atom. The molecule has 0 unspecified atom stereocenters. The smallest absolute Gasteiger partial charge is 0.262 e. The highest BCUT2D eigenvalue weighted by Crippen LogP contribution is 2.26. The van der Waals surface area contributed by atoms with Gasteiger partial charge in [0, 0.05) is 5.69 Å². The molecule has 2 aromatic rings. The quantitative estimate of drug-likeness (QED) is 0.780. The van der Waals surface area contributed by atoms with Crippen LogP contribution in [0.1, 0.15) is 32.7 Å². The number of carbonyl (C=O) groups is 3. The van der Waals surface area contributed by atoms with Gasteiger partial charge in [-0.25, -0.2) is 0 Å². The Morgan fingerprint density at radius 2 is 1.81 bits per heavy atom. The Bertz CT molecular complexity index is 916. The molecule has 1 aliphatic rings. The molecule has 27 heavy (non-hydrogen) atoms. The van der Waals surface area contributed by atoms with Crippen LogP contribution in [0.5, 0.6) is 0 Å². The molecule has 0 fully saturated rings. The number of anilines is 1. The van der Waals surface area contributed by atoms with E-state index in [0.717, 1.165) is 4.90 Å². The van der Waals surface area contributed by atoms with E-state index >= 15 is 0 Å². The van der Waals surface area contributed by atoms with Crippen LogP contribution in [0.15, 0.2) is 48.5 Å². The summed E-state index contributed by atoms with van der Waals surface area (Å²) in [7, 11) is 0. The predicted molar refractivity (Wildman–Crippen MR) is 104 cm³/mol. The monoisotopic (exact) mass is 379 g/mol. The first-order chi connectivity index (χ1) is 13.1. The second-order valence-corrected chi connectivity index (χ2v) is 6.99. The van der Waals surface area contributed by atoms with Crippen molar-refractivity contribution in [3.05, 3.63) is 65.2 Å². The fourth-order valence-corrected chi connectivity index (χ4v) is 3.45. The maximum atomic E-state index is 12.9. The number of nitrogens with zero attached hydrogens (tertiary/aromatic N) is 2. The summed E-state index contributed by atoms with van der Waals surface area (Å²) in [4.78, 5) is 39.4. The number of imide groups is 1. The zero-order valence-corrected chi connectivity index (χ0v) is 15.5. The Kier molecular flexibility index (Phi) is 5.57. The second-order valence-electron chi connectivity index (χ2n) is 6.01. The molecular formula is C20H17N3O3S. The van der Waals surface area contributed by atoms with Crippen LogP contribution in [0.2, 0.25) is 0 Å². The molecule has 2 aromatic carbocycles. The number of hydrogen-bond acceptors (Lipinski definition) is 5. The van der Waals surface area contributed by atoms with Gasteiger partial charge in [-0.1, -0.05) is 18.2 Å². The largest absolute Gasteiger partial charge is 0.324 e. The molecule has 0 aromatic heterocycles. The lowest BCUT2D eigenvalue weighted by molar-refractivity contribution is -0.120. The van der Waals surface area contributed by atoms with Crippen molar-refractivity contribution < 1.29 is 14.4 Å². The highest BCUT2D eigenvalue weighted by atomic mass is 32.2. The summed E-state index contributed by atoms with van der Waals surface area (Å²) < 4.78 is 0.